The molecule has 1 N–H and O–H groups in total. The Hall–Kier alpha value is -2.54. The van der Waals surface area contributed by atoms with Crippen molar-refractivity contribution in [2.24, 2.45) is 0 Å². The van der Waals surface area contributed by atoms with Crippen molar-refractivity contribution in [1.29, 1.82) is 0 Å². The maximum absolute atomic E-state index is 11.4. The van der Waals surface area contributed by atoms with E-state index < -0.39 is 16.8 Å². The van der Waals surface area contributed by atoms with Gasteiger partial charge in [-0.3, -0.25) is 4.21 Å². The summed E-state index contributed by atoms with van der Waals surface area (Å²) in [5.74, 6) is -1.06. The van der Waals surface area contributed by atoms with Gasteiger partial charge in [-0.1, -0.05) is 12.1 Å². The van der Waals surface area contributed by atoms with Gasteiger partial charge in [-0.05, 0) is 17.7 Å². The number of fused-ring (bicyclic) bond motifs is 1. The Labute approximate surface area is 122 Å². The number of carboxylic acid groups (broad SMARTS) is 1. The van der Waals surface area contributed by atoms with E-state index in [1.807, 2.05) is 12.1 Å². The van der Waals surface area contributed by atoms with Crippen LogP contribution in [0.3, 0.4) is 0 Å². The summed E-state index contributed by atoms with van der Waals surface area (Å²) < 4.78 is 12.8. The van der Waals surface area contributed by atoms with Gasteiger partial charge in [-0.15, -0.1) is 0 Å². The molecule has 3 rings (SSSR count). The molecule has 0 aliphatic carbocycles. The van der Waals surface area contributed by atoms with E-state index in [1.54, 1.807) is 30.8 Å². The van der Waals surface area contributed by atoms with Crippen molar-refractivity contribution in [1.82, 2.24) is 14.6 Å². The van der Waals surface area contributed by atoms with Crippen LogP contribution in [0.25, 0.3) is 16.8 Å². The van der Waals surface area contributed by atoms with Gasteiger partial charge in [0.15, 0.2) is 5.65 Å². The van der Waals surface area contributed by atoms with E-state index in [9.17, 15) is 9.00 Å². The first-order chi connectivity index (χ1) is 10.1. The quantitative estimate of drug-likeness (QED) is 0.798. The Balaban J connectivity index is 2.05. The summed E-state index contributed by atoms with van der Waals surface area (Å²) in [6, 6.07) is 7.28. The fraction of sp³-hybridized carbons (Fsp3) is 0.0714. The molecule has 2 aromatic heterocycles. The van der Waals surface area contributed by atoms with E-state index in [1.165, 1.54) is 10.7 Å². The zero-order valence-electron chi connectivity index (χ0n) is 11.1. The van der Waals surface area contributed by atoms with Crippen LogP contribution in [0.4, 0.5) is 0 Å². The molecule has 3 aromatic rings. The van der Waals surface area contributed by atoms with Gasteiger partial charge in [0.05, 0.1) is 6.20 Å². The largest absolute Gasteiger partial charge is 0.477 e. The number of aromatic nitrogens is 3. The number of hydrogen-bond acceptors (Lipinski definition) is 4. The van der Waals surface area contributed by atoms with Crippen molar-refractivity contribution < 1.29 is 14.1 Å². The standard InChI is InChI=1S/C14H11N3O3S/c1-21(20)11-4-2-9(3-5-11)10-6-15-13-12(14(18)19)7-16-17(13)8-10/h2-8H,1H3,(H,18,19). The molecule has 21 heavy (non-hydrogen) atoms. The van der Waals surface area contributed by atoms with Crippen LogP contribution >= 0.6 is 0 Å². The van der Waals surface area contributed by atoms with Crippen molar-refractivity contribution in [3.8, 4) is 11.1 Å². The third-order valence-corrected chi connectivity index (χ3v) is 4.04. The Kier molecular flexibility index (Phi) is 3.26. The lowest BCUT2D eigenvalue weighted by molar-refractivity contribution is 0.0698. The van der Waals surface area contributed by atoms with Crippen LogP contribution in [0, 0.1) is 0 Å². The van der Waals surface area contributed by atoms with E-state index in [0.717, 1.165) is 16.0 Å². The lowest BCUT2D eigenvalue weighted by Crippen LogP contribution is -1.98. The fourth-order valence-electron chi connectivity index (χ4n) is 2.01. The Morgan fingerprint density at radius 2 is 1.90 bits per heavy atom. The Morgan fingerprint density at radius 3 is 2.52 bits per heavy atom. The van der Waals surface area contributed by atoms with Gasteiger partial charge >= 0.3 is 5.97 Å². The highest BCUT2D eigenvalue weighted by atomic mass is 32.2. The monoisotopic (exact) mass is 301 g/mol. The maximum atomic E-state index is 11.4. The number of rotatable bonds is 3. The van der Waals surface area contributed by atoms with E-state index in [-0.39, 0.29) is 5.56 Å². The molecule has 6 nitrogen and oxygen atoms in total. The summed E-state index contributed by atoms with van der Waals surface area (Å²) in [5.41, 5.74) is 2.07. The first-order valence-corrected chi connectivity index (χ1v) is 7.62. The first-order valence-electron chi connectivity index (χ1n) is 6.07. The van der Waals surface area contributed by atoms with E-state index in [4.69, 9.17) is 5.11 Å². The van der Waals surface area contributed by atoms with Crippen LogP contribution in [0.2, 0.25) is 0 Å². The second-order valence-corrected chi connectivity index (χ2v) is 5.83. The molecule has 0 amide bonds. The van der Waals surface area contributed by atoms with Crippen LogP contribution in [-0.4, -0.2) is 36.1 Å². The van der Waals surface area contributed by atoms with Gasteiger partial charge in [0.25, 0.3) is 0 Å². The fourth-order valence-corrected chi connectivity index (χ4v) is 2.53. The molecule has 0 fully saturated rings. The summed E-state index contributed by atoms with van der Waals surface area (Å²) in [6.45, 7) is 0. The summed E-state index contributed by atoms with van der Waals surface area (Å²) in [5, 5.41) is 13.0. The van der Waals surface area contributed by atoms with Crippen LogP contribution in [-0.2, 0) is 10.8 Å². The highest BCUT2D eigenvalue weighted by Crippen LogP contribution is 2.21. The summed E-state index contributed by atoms with van der Waals surface area (Å²) in [6.07, 6.45) is 6.21. The molecule has 106 valence electrons. The first kappa shape index (κ1) is 13.4. The smallest absolute Gasteiger partial charge is 0.341 e. The zero-order chi connectivity index (χ0) is 15.0. The van der Waals surface area contributed by atoms with Crippen molar-refractivity contribution >= 4 is 22.4 Å². The number of benzene rings is 1. The zero-order valence-corrected chi connectivity index (χ0v) is 11.9. The SMILES string of the molecule is CS(=O)c1ccc(-c2cnc3c(C(=O)O)cnn3c2)cc1. The lowest BCUT2D eigenvalue weighted by atomic mass is 10.1. The molecule has 1 unspecified atom stereocenters. The molecule has 2 heterocycles. The topological polar surface area (TPSA) is 84.6 Å². The van der Waals surface area contributed by atoms with Crippen molar-refractivity contribution in [2.75, 3.05) is 6.26 Å². The average molecular weight is 301 g/mol. The predicted molar refractivity (Wildman–Crippen MR) is 77.7 cm³/mol. The molecule has 0 saturated carbocycles. The summed E-state index contributed by atoms with van der Waals surface area (Å²) in [7, 11) is -1.02. The number of aromatic carboxylic acids is 1. The third kappa shape index (κ3) is 2.43. The van der Waals surface area contributed by atoms with Gasteiger partial charge < -0.3 is 5.11 Å². The number of nitrogens with zero attached hydrogens (tertiary/aromatic N) is 3. The second kappa shape index (κ2) is 5.10. The highest BCUT2D eigenvalue weighted by molar-refractivity contribution is 7.84. The minimum Gasteiger partial charge on any atom is -0.477 e. The van der Waals surface area contributed by atoms with Gasteiger partial charge in [-0.25, -0.2) is 14.3 Å². The number of hydrogen-bond donors (Lipinski definition) is 1. The van der Waals surface area contributed by atoms with Gasteiger partial charge in [-0.2, -0.15) is 5.10 Å². The average Bonchev–Trinajstić information content (AvgIpc) is 2.90. The van der Waals surface area contributed by atoms with Crippen molar-refractivity contribution in [3.63, 3.8) is 0 Å². The molecule has 0 aliphatic rings. The second-order valence-electron chi connectivity index (χ2n) is 4.45. The maximum Gasteiger partial charge on any atom is 0.341 e. The molecule has 0 aliphatic heterocycles. The Bertz CT molecular complexity index is 856. The highest BCUT2D eigenvalue weighted by Gasteiger charge is 2.12. The molecule has 7 heteroatoms. The molecular formula is C14H11N3O3S. The lowest BCUT2D eigenvalue weighted by Gasteiger charge is -2.03. The van der Waals surface area contributed by atoms with E-state index in [2.05, 4.69) is 10.1 Å². The van der Waals surface area contributed by atoms with Crippen LogP contribution in [0.15, 0.2) is 47.8 Å². The van der Waals surface area contributed by atoms with E-state index >= 15 is 0 Å². The van der Waals surface area contributed by atoms with Gasteiger partial charge in [0.2, 0.25) is 0 Å². The van der Waals surface area contributed by atoms with Crippen LogP contribution in [0.5, 0.6) is 0 Å². The molecule has 0 bridgehead atoms. The van der Waals surface area contributed by atoms with Gasteiger partial charge in [0.1, 0.15) is 5.56 Å². The van der Waals surface area contributed by atoms with Crippen LogP contribution in [0.1, 0.15) is 10.4 Å². The molecule has 1 atom stereocenters. The minimum atomic E-state index is -1.06. The number of carbonyl (C=O) groups is 1. The number of carboxylic acids is 1. The summed E-state index contributed by atoms with van der Waals surface area (Å²) >= 11 is 0. The molecule has 0 spiro atoms. The molecular weight excluding hydrogens is 290 g/mol. The van der Waals surface area contributed by atoms with Gasteiger partial charge in [0, 0.05) is 39.9 Å². The van der Waals surface area contributed by atoms with Crippen molar-refractivity contribution in [2.45, 2.75) is 4.90 Å². The van der Waals surface area contributed by atoms with Crippen molar-refractivity contribution in [3.05, 3.63) is 48.4 Å². The predicted octanol–water partition coefficient (Wildman–Crippen LogP) is 1.83. The Morgan fingerprint density at radius 1 is 1.19 bits per heavy atom. The van der Waals surface area contributed by atoms with E-state index in [0.29, 0.717) is 5.65 Å². The normalized spacial score (nSPS) is 12.4. The molecule has 1 aromatic carbocycles. The van der Waals surface area contributed by atoms with Crippen LogP contribution < -0.4 is 0 Å². The third-order valence-electron chi connectivity index (χ3n) is 3.11. The molecule has 0 saturated heterocycles. The summed E-state index contributed by atoms with van der Waals surface area (Å²) in [4.78, 5) is 15.9. The molecule has 0 radical (unpaired) electrons. The minimum absolute atomic E-state index is 0.0678.